The SMILES string of the molecule is Ic1ccc(CN2Cc3ccccc3N3CCN(Cc4ccccc4)CC3C2)cc1. The molecule has 1 atom stereocenters. The third-order valence-electron chi connectivity index (χ3n) is 6.30. The van der Waals surface area contributed by atoms with E-state index in [4.69, 9.17) is 0 Å². The van der Waals surface area contributed by atoms with Crippen LogP contribution in [0.3, 0.4) is 0 Å². The summed E-state index contributed by atoms with van der Waals surface area (Å²) in [6, 6.07) is 29.4. The van der Waals surface area contributed by atoms with Gasteiger partial charge in [-0.1, -0.05) is 60.7 Å². The molecule has 0 N–H and O–H groups in total. The molecule has 1 unspecified atom stereocenters. The van der Waals surface area contributed by atoms with Crippen molar-refractivity contribution in [1.82, 2.24) is 9.80 Å². The van der Waals surface area contributed by atoms with Gasteiger partial charge in [-0.3, -0.25) is 9.80 Å². The summed E-state index contributed by atoms with van der Waals surface area (Å²) < 4.78 is 1.30. The third-order valence-corrected chi connectivity index (χ3v) is 7.02. The van der Waals surface area contributed by atoms with Crippen LogP contribution < -0.4 is 4.90 Å². The predicted octanol–water partition coefficient (Wildman–Crippen LogP) is 5.00. The average Bonchev–Trinajstić information content (AvgIpc) is 2.92. The second kappa shape index (κ2) is 9.08. The fourth-order valence-corrected chi connectivity index (χ4v) is 5.23. The molecule has 3 nitrogen and oxygen atoms in total. The Kier molecular flexibility index (Phi) is 6.07. The zero-order chi connectivity index (χ0) is 20.3. The molecule has 3 aromatic carbocycles. The Morgan fingerprint density at radius 1 is 0.700 bits per heavy atom. The first kappa shape index (κ1) is 20.0. The number of fused-ring (bicyclic) bond motifs is 3. The lowest BCUT2D eigenvalue weighted by molar-refractivity contribution is 0.172. The van der Waals surface area contributed by atoms with Crippen LogP contribution in [0.2, 0.25) is 0 Å². The molecule has 1 saturated heterocycles. The van der Waals surface area contributed by atoms with E-state index in [1.165, 1.54) is 25.9 Å². The lowest BCUT2D eigenvalue weighted by Gasteiger charge is -2.43. The van der Waals surface area contributed by atoms with Gasteiger partial charge in [0.15, 0.2) is 0 Å². The Hall–Kier alpha value is -1.89. The first-order chi connectivity index (χ1) is 14.7. The molecule has 0 saturated carbocycles. The highest BCUT2D eigenvalue weighted by Crippen LogP contribution is 2.31. The van der Waals surface area contributed by atoms with Crippen LogP contribution in [0.4, 0.5) is 5.69 Å². The average molecular weight is 509 g/mol. The summed E-state index contributed by atoms with van der Waals surface area (Å²) in [5.41, 5.74) is 5.71. The van der Waals surface area contributed by atoms with Crippen molar-refractivity contribution in [1.29, 1.82) is 0 Å². The predicted molar refractivity (Wildman–Crippen MR) is 133 cm³/mol. The molecule has 0 radical (unpaired) electrons. The minimum Gasteiger partial charge on any atom is -0.364 e. The lowest BCUT2D eigenvalue weighted by Crippen LogP contribution is -2.55. The smallest absolute Gasteiger partial charge is 0.0545 e. The standard InChI is InChI=1S/C26H28IN3/c27-24-12-10-22(11-13-24)17-29-18-23-8-4-5-9-26(23)30-15-14-28(19-25(30)20-29)16-21-6-2-1-3-7-21/h1-13,25H,14-20H2. The zero-order valence-corrected chi connectivity index (χ0v) is 19.4. The first-order valence-electron chi connectivity index (χ1n) is 10.8. The lowest BCUT2D eigenvalue weighted by atomic mass is 10.1. The second-order valence-electron chi connectivity index (χ2n) is 8.49. The van der Waals surface area contributed by atoms with Crippen LogP contribution in [0, 0.1) is 3.57 Å². The van der Waals surface area contributed by atoms with Crippen LogP contribution in [-0.4, -0.2) is 42.0 Å². The largest absolute Gasteiger partial charge is 0.364 e. The number of anilines is 1. The van der Waals surface area contributed by atoms with E-state index < -0.39 is 0 Å². The quantitative estimate of drug-likeness (QED) is 0.459. The van der Waals surface area contributed by atoms with Crippen LogP contribution >= 0.6 is 22.6 Å². The molecule has 5 rings (SSSR count). The molecule has 2 heterocycles. The van der Waals surface area contributed by atoms with Crippen molar-refractivity contribution in [2.24, 2.45) is 0 Å². The van der Waals surface area contributed by atoms with E-state index in [1.807, 2.05) is 0 Å². The maximum absolute atomic E-state index is 2.67. The molecule has 30 heavy (non-hydrogen) atoms. The molecule has 0 amide bonds. The van der Waals surface area contributed by atoms with E-state index in [1.54, 1.807) is 0 Å². The molecule has 154 valence electrons. The normalized spacial score (nSPS) is 19.8. The minimum absolute atomic E-state index is 0.523. The van der Waals surface area contributed by atoms with Gasteiger partial charge in [0.05, 0.1) is 6.04 Å². The van der Waals surface area contributed by atoms with Crippen molar-refractivity contribution in [2.45, 2.75) is 25.7 Å². The van der Waals surface area contributed by atoms with Gasteiger partial charge < -0.3 is 4.90 Å². The summed E-state index contributed by atoms with van der Waals surface area (Å²) in [4.78, 5) is 7.94. The van der Waals surface area contributed by atoms with E-state index in [0.717, 1.165) is 45.8 Å². The number of rotatable bonds is 4. The van der Waals surface area contributed by atoms with Crippen molar-refractivity contribution in [3.63, 3.8) is 0 Å². The zero-order valence-electron chi connectivity index (χ0n) is 17.3. The summed E-state index contributed by atoms with van der Waals surface area (Å²) in [5.74, 6) is 0. The van der Waals surface area contributed by atoms with E-state index in [2.05, 4.69) is 116 Å². The Balaban J connectivity index is 1.37. The van der Waals surface area contributed by atoms with Crippen LogP contribution in [0.15, 0.2) is 78.9 Å². The van der Waals surface area contributed by atoms with Crippen molar-refractivity contribution in [3.05, 3.63) is 99.1 Å². The van der Waals surface area contributed by atoms with Gasteiger partial charge in [0.25, 0.3) is 0 Å². The van der Waals surface area contributed by atoms with Crippen molar-refractivity contribution >= 4 is 28.3 Å². The molecule has 0 aromatic heterocycles. The number of para-hydroxylation sites is 1. The number of hydrogen-bond acceptors (Lipinski definition) is 3. The van der Waals surface area contributed by atoms with Gasteiger partial charge >= 0.3 is 0 Å². The molecule has 4 heteroatoms. The Labute approximate surface area is 193 Å². The molecule has 0 aliphatic carbocycles. The van der Waals surface area contributed by atoms with Crippen LogP contribution in [-0.2, 0) is 19.6 Å². The van der Waals surface area contributed by atoms with Crippen LogP contribution in [0.5, 0.6) is 0 Å². The van der Waals surface area contributed by atoms with Crippen molar-refractivity contribution < 1.29 is 0 Å². The monoisotopic (exact) mass is 509 g/mol. The topological polar surface area (TPSA) is 9.72 Å². The minimum atomic E-state index is 0.523. The second-order valence-corrected chi connectivity index (χ2v) is 9.74. The summed E-state index contributed by atoms with van der Waals surface area (Å²) in [5, 5.41) is 0. The first-order valence-corrected chi connectivity index (χ1v) is 11.9. The van der Waals surface area contributed by atoms with Crippen LogP contribution in [0.1, 0.15) is 16.7 Å². The number of benzene rings is 3. The van der Waals surface area contributed by atoms with Gasteiger partial charge in [-0.25, -0.2) is 0 Å². The van der Waals surface area contributed by atoms with E-state index in [0.29, 0.717) is 6.04 Å². The Morgan fingerprint density at radius 2 is 1.37 bits per heavy atom. The summed E-state index contributed by atoms with van der Waals surface area (Å²) in [6.07, 6.45) is 0. The Bertz CT molecular complexity index is 973. The van der Waals surface area contributed by atoms with Gasteiger partial charge in [0, 0.05) is 55.1 Å². The maximum atomic E-state index is 2.67. The molecule has 1 fully saturated rings. The fraction of sp³-hybridized carbons (Fsp3) is 0.308. The number of halogens is 1. The van der Waals surface area contributed by atoms with Gasteiger partial charge in [-0.05, 0) is 57.5 Å². The highest BCUT2D eigenvalue weighted by molar-refractivity contribution is 14.1. The summed E-state index contributed by atoms with van der Waals surface area (Å²) in [6.45, 7) is 7.52. The van der Waals surface area contributed by atoms with E-state index in [-0.39, 0.29) is 0 Å². The molecule has 2 aliphatic rings. The molecular formula is C26H28IN3. The maximum Gasteiger partial charge on any atom is 0.0545 e. The van der Waals surface area contributed by atoms with Gasteiger partial charge in [-0.15, -0.1) is 0 Å². The third kappa shape index (κ3) is 4.56. The van der Waals surface area contributed by atoms with E-state index >= 15 is 0 Å². The number of piperazine rings is 1. The number of hydrogen-bond donors (Lipinski definition) is 0. The molecule has 0 bridgehead atoms. The highest BCUT2D eigenvalue weighted by Gasteiger charge is 2.32. The molecule has 3 aromatic rings. The van der Waals surface area contributed by atoms with Crippen molar-refractivity contribution in [3.8, 4) is 0 Å². The van der Waals surface area contributed by atoms with Gasteiger partial charge in [0.2, 0.25) is 0 Å². The highest BCUT2D eigenvalue weighted by atomic mass is 127. The van der Waals surface area contributed by atoms with Gasteiger partial charge in [-0.2, -0.15) is 0 Å². The summed E-state index contributed by atoms with van der Waals surface area (Å²) in [7, 11) is 0. The van der Waals surface area contributed by atoms with E-state index in [9.17, 15) is 0 Å². The van der Waals surface area contributed by atoms with Crippen LogP contribution in [0.25, 0.3) is 0 Å². The van der Waals surface area contributed by atoms with Gasteiger partial charge in [0.1, 0.15) is 0 Å². The molecule has 2 aliphatic heterocycles. The number of nitrogens with zero attached hydrogens (tertiary/aromatic N) is 3. The fourth-order valence-electron chi connectivity index (χ4n) is 4.87. The molecular weight excluding hydrogens is 481 g/mol. The molecule has 0 spiro atoms. The summed E-state index contributed by atoms with van der Waals surface area (Å²) >= 11 is 2.38. The van der Waals surface area contributed by atoms with Crippen molar-refractivity contribution in [2.75, 3.05) is 31.1 Å². The Morgan fingerprint density at radius 3 is 2.20 bits per heavy atom.